The molecule has 6 heteroatoms. The van der Waals surface area contributed by atoms with Crippen molar-refractivity contribution in [2.45, 2.75) is 34.1 Å². The summed E-state index contributed by atoms with van der Waals surface area (Å²) in [4.78, 5) is 31.2. The van der Waals surface area contributed by atoms with E-state index in [1.807, 2.05) is 58.0 Å². The molecule has 0 spiro atoms. The number of nitrogens with zero attached hydrogens (tertiary/aromatic N) is 2. The first-order valence-electron chi connectivity index (χ1n) is 8.12. The van der Waals surface area contributed by atoms with Crippen molar-refractivity contribution in [2.24, 2.45) is 5.41 Å². The maximum Gasteiger partial charge on any atom is 0.281 e. The number of hydrogen-bond donors (Lipinski definition) is 1. The van der Waals surface area contributed by atoms with E-state index in [9.17, 15) is 9.59 Å². The van der Waals surface area contributed by atoms with Crippen LogP contribution in [-0.4, -0.2) is 15.6 Å². The molecular weight excluding hydrogens is 334 g/mol. The lowest BCUT2D eigenvalue weighted by Crippen LogP contribution is -2.34. The summed E-state index contributed by atoms with van der Waals surface area (Å²) in [5.74, 6) is -0.205. The molecule has 130 valence electrons. The van der Waals surface area contributed by atoms with Gasteiger partial charge in [-0.3, -0.25) is 15.0 Å². The first-order valence-corrected chi connectivity index (χ1v) is 8.94. The van der Waals surface area contributed by atoms with Crippen LogP contribution in [0.3, 0.4) is 0 Å². The summed E-state index contributed by atoms with van der Waals surface area (Å²) < 4.78 is 1.19. The van der Waals surface area contributed by atoms with E-state index in [0.29, 0.717) is 16.6 Å². The number of thiophene rings is 1. The summed E-state index contributed by atoms with van der Waals surface area (Å²) in [6.07, 6.45) is 1.71. The SMILES string of the molecule is Cc1sc2ncn(NC(=O)CC(C)(C)C)c(=O)c2c1-c1ccccc1. The minimum absolute atomic E-state index is 0.153. The van der Waals surface area contributed by atoms with E-state index >= 15 is 0 Å². The lowest BCUT2D eigenvalue weighted by Gasteiger charge is -2.17. The number of carbonyl (C=O) groups is 1. The molecule has 0 radical (unpaired) electrons. The summed E-state index contributed by atoms with van der Waals surface area (Å²) in [7, 11) is 0. The summed E-state index contributed by atoms with van der Waals surface area (Å²) in [5.41, 5.74) is 4.11. The number of fused-ring (bicyclic) bond motifs is 1. The largest absolute Gasteiger partial charge is 0.281 e. The molecule has 2 aromatic heterocycles. The van der Waals surface area contributed by atoms with E-state index in [1.54, 1.807) is 0 Å². The zero-order chi connectivity index (χ0) is 18.2. The van der Waals surface area contributed by atoms with E-state index in [4.69, 9.17) is 0 Å². The van der Waals surface area contributed by atoms with Gasteiger partial charge in [-0.15, -0.1) is 11.3 Å². The van der Waals surface area contributed by atoms with Crippen LogP contribution in [0, 0.1) is 12.3 Å². The third kappa shape index (κ3) is 3.64. The standard InChI is InChI=1S/C19H21N3O2S/c1-12-15(13-8-6-5-7-9-13)16-17(25-12)20-11-22(18(16)24)21-14(23)10-19(2,3)4/h5-9,11H,10H2,1-4H3,(H,21,23). The monoisotopic (exact) mass is 355 g/mol. The Kier molecular flexibility index (Phi) is 4.47. The van der Waals surface area contributed by atoms with E-state index in [-0.39, 0.29) is 16.9 Å². The van der Waals surface area contributed by atoms with Crippen LogP contribution in [0.5, 0.6) is 0 Å². The third-order valence-electron chi connectivity index (χ3n) is 3.79. The van der Waals surface area contributed by atoms with Gasteiger partial charge in [-0.2, -0.15) is 0 Å². The molecule has 0 bridgehead atoms. The fourth-order valence-electron chi connectivity index (χ4n) is 2.79. The summed E-state index contributed by atoms with van der Waals surface area (Å²) in [6, 6.07) is 9.78. The van der Waals surface area contributed by atoms with Crippen LogP contribution >= 0.6 is 11.3 Å². The maximum atomic E-state index is 13.0. The Morgan fingerprint density at radius 2 is 1.92 bits per heavy atom. The molecule has 0 saturated carbocycles. The van der Waals surface area contributed by atoms with Gasteiger partial charge in [0.15, 0.2) is 0 Å². The van der Waals surface area contributed by atoms with Gasteiger partial charge in [0.2, 0.25) is 5.91 Å². The lowest BCUT2D eigenvalue weighted by atomic mass is 9.92. The van der Waals surface area contributed by atoms with Gasteiger partial charge in [-0.1, -0.05) is 51.1 Å². The molecular formula is C19H21N3O2S. The normalized spacial score (nSPS) is 11.7. The molecule has 2 heterocycles. The summed E-state index contributed by atoms with van der Waals surface area (Å²) in [5, 5.41) is 0.548. The van der Waals surface area contributed by atoms with Gasteiger partial charge >= 0.3 is 0 Å². The summed E-state index contributed by atoms with van der Waals surface area (Å²) >= 11 is 1.49. The number of nitrogens with one attached hydrogen (secondary N) is 1. The highest BCUT2D eigenvalue weighted by Gasteiger charge is 2.19. The van der Waals surface area contributed by atoms with Crippen molar-refractivity contribution in [3.63, 3.8) is 0 Å². The molecule has 0 saturated heterocycles. The van der Waals surface area contributed by atoms with Crippen molar-refractivity contribution in [2.75, 3.05) is 5.43 Å². The van der Waals surface area contributed by atoms with Gasteiger partial charge in [0.05, 0.1) is 5.39 Å². The molecule has 0 unspecified atom stereocenters. The van der Waals surface area contributed by atoms with E-state index < -0.39 is 0 Å². The Hall–Kier alpha value is -2.47. The minimum Gasteiger partial charge on any atom is -0.273 e. The fraction of sp³-hybridized carbons (Fsp3) is 0.316. The second-order valence-electron chi connectivity index (χ2n) is 7.27. The zero-order valence-corrected chi connectivity index (χ0v) is 15.6. The first-order chi connectivity index (χ1) is 11.8. The molecule has 3 aromatic rings. The number of rotatable bonds is 3. The number of hydrogen-bond acceptors (Lipinski definition) is 4. The van der Waals surface area contributed by atoms with Crippen molar-refractivity contribution >= 4 is 27.5 Å². The van der Waals surface area contributed by atoms with Crippen LogP contribution in [0.25, 0.3) is 21.3 Å². The Labute approximate surface area is 150 Å². The molecule has 1 aromatic carbocycles. The molecule has 25 heavy (non-hydrogen) atoms. The third-order valence-corrected chi connectivity index (χ3v) is 4.80. The van der Waals surface area contributed by atoms with Gasteiger partial charge in [-0.05, 0) is 17.9 Å². The topological polar surface area (TPSA) is 64.0 Å². The van der Waals surface area contributed by atoms with Crippen LogP contribution in [0.1, 0.15) is 32.1 Å². The van der Waals surface area contributed by atoms with Crippen LogP contribution in [-0.2, 0) is 4.79 Å². The first kappa shape index (κ1) is 17.4. The average Bonchev–Trinajstić information content (AvgIpc) is 2.86. The number of aromatic nitrogens is 2. The van der Waals surface area contributed by atoms with Gasteiger partial charge in [0.25, 0.3) is 5.56 Å². The van der Waals surface area contributed by atoms with E-state index in [2.05, 4.69) is 10.4 Å². The average molecular weight is 355 g/mol. The van der Waals surface area contributed by atoms with Gasteiger partial charge < -0.3 is 0 Å². The smallest absolute Gasteiger partial charge is 0.273 e. The number of carbonyl (C=O) groups excluding carboxylic acids is 1. The van der Waals surface area contributed by atoms with Crippen LogP contribution in [0.15, 0.2) is 41.5 Å². The van der Waals surface area contributed by atoms with Crippen molar-refractivity contribution in [1.82, 2.24) is 9.66 Å². The van der Waals surface area contributed by atoms with Gasteiger partial charge in [-0.25, -0.2) is 9.66 Å². The van der Waals surface area contributed by atoms with Crippen LogP contribution in [0.4, 0.5) is 0 Å². The lowest BCUT2D eigenvalue weighted by molar-refractivity contribution is -0.118. The highest BCUT2D eigenvalue weighted by molar-refractivity contribution is 7.19. The number of amides is 1. The summed E-state index contributed by atoms with van der Waals surface area (Å²) in [6.45, 7) is 7.92. The molecule has 5 nitrogen and oxygen atoms in total. The molecule has 0 fully saturated rings. The Morgan fingerprint density at radius 1 is 1.24 bits per heavy atom. The van der Waals surface area contributed by atoms with Gasteiger partial charge in [0, 0.05) is 16.9 Å². The van der Waals surface area contributed by atoms with Crippen molar-refractivity contribution in [1.29, 1.82) is 0 Å². The molecule has 1 N–H and O–H groups in total. The predicted octanol–water partition coefficient (Wildman–Crippen LogP) is 3.94. The number of aryl methyl sites for hydroxylation is 1. The van der Waals surface area contributed by atoms with Crippen LogP contribution < -0.4 is 11.0 Å². The number of benzene rings is 1. The highest BCUT2D eigenvalue weighted by atomic mass is 32.1. The Balaban J connectivity index is 2.08. The Morgan fingerprint density at radius 3 is 2.56 bits per heavy atom. The fourth-order valence-corrected chi connectivity index (χ4v) is 3.79. The quantitative estimate of drug-likeness (QED) is 0.774. The maximum absolute atomic E-state index is 13.0. The molecule has 0 aliphatic carbocycles. The molecule has 0 aliphatic heterocycles. The van der Waals surface area contributed by atoms with Gasteiger partial charge in [0.1, 0.15) is 11.2 Å². The van der Waals surface area contributed by atoms with E-state index in [0.717, 1.165) is 16.0 Å². The molecule has 0 aliphatic rings. The zero-order valence-electron chi connectivity index (χ0n) is 14.8. The molecule has 1 amide bonds. The van der Waals surface area contributed by atoms with Crippen LogP contribution in [0.2, 0.25) is 0 Å². The highest BCUT2D eigenvalue weighted by Crippen LogP contribution is 2.35. The molecule has 0 atom stereocenters. The molecule has 3 rings (SSSR count). The second kappa shape index (κ2) is 6.44. The minimum atomic E-state index is -0.254. The van der Waals surface area contributed by atoms with E-state index in [1.165, 1.54) is 22.3 Å². The Bertz CT molecular complexity index is 982. The van der Waals surface area contributed by atoms with Crippen molar-refractivity contribution in [3.05, 3.63) is 51.9 Å². The van der Waals surface area contributed by atoms with Crippen molar-refractivity contribution < 1.29 is 4.79 Å². The second-order valence-corrected chi connectivity index (χ2v) is 8.47. The predicted molar refractivity (Wildman–Crippen MR) is 102 cm³/mol. The van der Waals surface area contributed by atoms with Crippen molar-refractivity contribution in [3.8, 4) is 11.1 Å².